The number of hydrogen-bond acceptors (Lipinski definition) is 3. The monoisotopic (exact) mass is 306 g/mol. The van der Waals surface area contributed by atoms with E-state index >= 15 is 0 Å². The Labute approximate surface area is 130 Å². The molecule has 3 nitrogen and oxygen atoms in total. The Bertz CT molecular complexity index is 594. The van der Waals surface area contributed by atoms with E-state index in [9.17, 15) is 0 Å². The number of methoxy groups -OCH3 is 1. The van der Waals surface area contributed by atoms with Gasteiger partial charge >= 0.3 is 0 Å². The van der Waals surface area contributed by atoms with Crippen LogP contribution in [0.2, 0.25) is 5.02 Å². The highest BCUT2D eigenvalue weighted by Gasteiger charge is 2.04. The van der Waals surface area contributed by atoms with E-state index in [1.807, 2.05) is 50.2 Å². The van der Waals surface area contributed by atoms with Crippen LogP contribution in [0.5, 0.6) is 17.2 Å². The van der Waals surface area contributed by atoms with Crippen molar-refractivity contribution in [1.29, 1.82) is 0 Å². The zero-order valence-electron chi connectivity index (χ0n) is 12.5. The largest absolute Gasteiger partial charge is 0.497 e. The summed E-state index contributed by atoms with van der Waals surface area (Å²) >= 11 is 6.15. The lowest BCUT2D eigenvalue weighted by Crippen LogP contribution is -2.09. The van der Waals surface area contributed by atoms with Gasteiger partial charge in [-0.05, 0) is 61.4 Å². The molecule has 0 aliphatic carbocycles. The predicted molar refractivity (Wildman–Crippen MR) is 84.9 cm³/mol. The molecule has 2 aromatic carbocycles. The highest BCUT2D eigenvalue weighted by atomic mass is 35.5. The Balaban J connectivity index is 1.83. The normalized spacial score (nSPS) is 10.3. The van der Waals surface area contributed by atoms with Gasteiger partial charge < -0.3 is 14.2 Å². The summed E-state index contributed by atoms with van der Waals surface area (Å²) in [5, 5.41) is 0.627. The summed E-state index contributed by atoms with van der Waals surface area (Å²) in [7, 11) is 1.64. The summed E-state index contributed by atoms with van der Waals surface area (Å²) in [6, 6.07) is 11.3. The molecule has 0 spiro atoms. The van der Waals surface area contributed by atoms with Gasteiger partial charge in [0.1, 0.15) is 30.5 Å². The molecule has 0 saturated carbocycles. The Morgan fingerprint density at radius 1 is 0.857 bits per heavy atom. The molecule has 4 heteroatoms. The molecule has 112 valence electrons. The molecule has 0 atom stereocenters. The van der Waals surface area contributed by atoms with E-state index in [1.165, 1.54) is 0 Å². The van der Waals surface area contributed by atoms with E-state index in [0.29, 0.717) is 24.0 Å². The molecule has 0 fully saturated rings. The lowest BCUT2D eigenvalue weighted by molar-refractivity contribution is 0.217. The van der Waals surface area contributed by atoms with E-state index in [1.54, 1.807) is 7.11 Å². The highest BCUT2D eigenvalue weighted by molar-refractivity contribution is 6.32. The van der Waals surface area contributed by atoms with Crippen LogP contribution in [0.15, 0.2) is 36.4 Å². The van der Waals surface area contributed by atoms with Crippen LogP contribution in [0.4, 0.5) is 0 Å². The van der Waals surface area contributed by atoms with Crippen LogP contribution in [0.25, 0.3) is 0 Å². The summed E-state index contributed by atoms with van der Waals surface area (Å²) < 4.78 is 16.3. The number of benzene rings is 2. The van der Waals surface area contributed by atoms with Gasteiger partial charge in [-0.2, -0.15) is 0 Å². The van der Waals surface area contributed by atoms with Crippen molar-refractivity contribution in [3.05, 3.63) is 52.5 Å². The first-order valence-corrected chi connectivity index (χ1v) is 7.14. The number of halogens is 1. The molecule has 0 aliphatic rings. The fourth-order valence-electron chi connectivity index (χ4n) is 1.85. The molecule has 0 saturated heterocycles. The fraction of sp³-hybridized carbons (Fsp3) is 0.294. The number of ether oxygens (including phenoxy) is 3. The minimum Gasteiger partial charge on any atom is -0.497 e. The molecule has 0 aliphatic heterocycles. The van der Waals surface area contributed by atoms with Gasteiger partial charge in [0.15, 0.2) is 0 Å². The summed E-state index contributed by atoms with van der Waals surface area (Å²) in [4.78, 5) is 0. The Morgan fingerprint density at radius 3 is 2.10 bits per heavy atom. The first-order chi connectivity index (χ1) is 10.1. The van der Waals surface area contributed by atoms with Crippen LogP contribution < -0.4 is 14.2 Å². The number of rotatable bonds is 6. The summed E-state index contributed by atoms with van der Waals surface area (Å²) in [5.41, 5.74) is 2.31. The van der Waals surface area contributed by atoms with Crippen LogP contribution in [-0.4, -0.2) is 20.3 Å². The summed E-state index contributed by atoms with van der Waals surface area (Å²) in [5.74, 6) is 2.28. The molecule has 0 amide bonds. The highest BCUT2D eigenvalue weighted by Crippen LogP contribution is 2.27. The molecule has 2 rings (SSSR count). The molecule has 21 heavy (non-hydrogen) atoms. The van der Waals surface area contributed by atoms with Crippen molar-refractivity contribution in [2.45, 2.75) is 13.8 Å². The van der Waals surface area contributed by atoms with Crippen molar-refractivity contribution in [3.8, 4) is 17.2 Å². The second-order valence-corrected chi connectivity index (χ2v) is 5.15. The lowest BCUT2D eigenvalue weighted by Gasteiger charge is -2.11. The Hall–Kier alpha value is -1.87. The topological polar surface area (TPSA) is 27.7 Å². The quantitative estimate of drug-likeness (QED) is 0.739. The minimum absolute atomic E-state index is 0.439. The van der Waals surface area contributed by atoms with Gasteiger partial charge in [-0.15, -0.1) is 0 Å². The zero-order valence-corrected chi connectivity index (χ0v) is 13.2. The lowest BCUT2D eigenvalue weighted by atomic mass is 10.1. The predicted octanol–water partition coefficient (Wildman–Crippen LogP) is 4.42. The first kappa shape index (κ1) is 15.5. The van der Waals surface area contributed by atoms with Crippen LogP contribution >= 0.6 is 11.6 Å². The summed E-state index contributed by atoms with van der Waals surface area (Å²) in [6.45, 7) is 4.95. The standard InChI is InChI=1S/C17H19ClO3/c1-12-10-16(18)17(11-13(12)2)21-9-8-20-15-6-4-14(19-3)5-7-15/h4-7,10-11H,8-9H2,1-3H3. The van der Waals surface area contributed by atoms with Gasteiger partial charge in [-0.3, -0.25) is 0 Å². The number of hydrogen-bond donors (Lipinski definition) is 0. The average molecular weight is 307 g/mol. The van der Waals surface area contributed by atoms with Crippen molar-refractivity contribution in [2.24, 2.45) is 0 Å². The van der Waals surface area contributed by atoms with Gasteiger partial charge in [-0.1, -0.05) is 11.6 Å². The second-order valence-electron chi connectivity index (χ2n) is 4.74. The van der Waals surface area contributed by atoms with Crippen molar-refractivity contribution >= 4 is 11.6 Å². The van der Waals surface area contributed by atoms with E-state index < -0.39 is 0 Å². The SMILES string of the molecule is COc1ccc(OCCOc2cc(C)c(C)cc2Cl)cc1. The molecule has 0 aromatic heterocycles. The van der Waals surface area contributed by atoms with Crippen molar-refractivity contribution in [1.82, 2.24) is 0 Å². The van der Waals surface area contributed by atoms with E-state index in [0.717, 1.165) is 22.6 Å². The summed E-state index contributed by atoms with van der Waals surface area (Å²) in [6.07, 6.45) is 0. The molecule has 0 heterocycles. The van der Waals surface area contributed by atoms with Gasteiger partial charge in [0.2, 0.25) is 0 Å². The van der Waals surface area contributed by atoms with E-state index in [-0.39, 0.29) is 0 Å². The van der Waals surface area contributed by atoms with Crippen LogP contribution in [0.1, 0.15) is 11.1 Å². The maximum Gasteiger partial charge on any atom is 0.138 e. The zero-order chi connectivity index (χ0) is 15.2. The molecule has 0 radical (unpaired) electrons. The number of aryl methyl sites for hydroxylation is 2. The average Bonchev–Trinajstić information content (AvgIpc) is 2.49. The fourth-order valence-corrected chi connectivity index (χ4v) is 2.12. The third-order valence-electron chi connectivity index (χ3n) is 3.22. The molecule has 0 N–H and O–H groups in total. The molecule has 0 unspecified atom stereocenters. The van der Waals surface area contributed by atoms with Crippen LogP contribution in [0, 0.1) is 13.8 Å². The Kier molecular flexibility index (Phi) is 5.34. The van der Waals surface area contributed by atoms with E-state index in [4.69, 9.17) is 25.8 Å². The van der Waals surface area contributed by atoms with Gasteiger partial charge in [0, 0.05) is 0 Å². The second kappa shape index (κ2) is 7.23. The van der Waals surface area contributed by atoms with Crippen LogP contribution in [0.3, 0.4) is 0 Å². The van der Waals surface area contributed by atoms with Gasteiger partial charge in [0.05, 0.1) is 12.1 Å². The van der Waals surface area contributed by atoms with Gasteiger partial charge in [-0.25, -0.2) is 0 Å². The molecule has 0 bridgehead atoms. The Morgan fingerprint density at radius 2 is 1.43 bits per heavy atom. The van der Waals surface area contributed by atoms with Crippen molar-refractivity contribution < 1.29 is 14.2 Å². The maximum atomic E-state index is 6.15. The third-order valence-corrected chi connectivity index (χ3v) is 3.51. The third kappa shape index (κ3) is 4.30. The molecular weight excluding hydrogens is 288 g/mol. The van der Waals surface area contributed by atoms with E-state index in [2.05, 4.69) is 0 Å². The van der Waals surface area contributed by atoms with Crippen molar-refractivity contribution in [2.75, 3.05) is 20.3 Å². The minimum atomic E-state index is 0.439. The maximum absolute atomic E-state index is 6.15. The molecule has 2 aromatic rings. The van der Waals surface area contributed by atoms with Gasteiger partial charge in [0.25, 0.3) is 0 Å². The van der Waals surface area contributed by atoms with Crippen molar-refractivity contribution in [3.63, 3.8) is 0 Å². The smallest absolute Gasteiger partial charge is 0.138 e. The first-order valence-electron chi connectivity index (χ1n) is 6.76. The van der Waals surface area contributed by atoms with Crippen LogP contribution in [-0.2, 0) is 0 Å². The molecular formula is C17H19ClO3.